The standard InChI is InChI=1S/C12H20N4/c1-4-5-14-12(16-13)15-11-7-9(2)6-10(3)8-11/h6-8H,4-5,13H2,1-3H3,(H2,14,15,16). The molecule has 0 aliphatic rings. The SMILES string of the molecule is CCCN=C(NN)Nc1cc(C)cc(C)c1. The molecule has 88 valence electrons. The molecule has 1 aromatic carbocycles. The first kappa shape index (κ1) is 12.5. The van der Waals surface area contributed by atoms with E-state index in [0.717, 1.165) is 18.7 Å². The second-order valence-corrected chi connectivity index (χ2v) is 3.88. The lowest BCUT2D eigenvalue weighted by Gasteiger charge is -2.10. The number of guanidine groups is 1. The first-order valence-electron chi connectivity index (χ1n) is 5.52. The molecular weight excluding hydrogens is 200 g/mol. The van der Waals surface area contributed by atoms with Gasteiger partial charge in [0.1, 0.15) is 0 Å². The van der Waals surface area contributed by atoms with Crippen LogP contribution in [0.25, 0.3) is 0 Å². The van der Waals surface area contributed by atoms with Crippen LogP contribution in [0.5, 0.6) is 0 Å². The summed E-state index contributed by atoms with van der Waals surface area (Å²) in [4.78, 5) is 4.28. The highest BCUT2D eigenvalue weighted by Crippen LogP contribution is 2.13. The molecule has 0 bridgehead atoms. The highest BCUT2D eigenvalue weighted by Gasteiger charge is 1.99. The van der Waals surface area contributed by atoms with E-state index in [4.69, 9.17) is 5.84 Å². The third kappa shape index (κ3) is 3.90. The van der Waals surface area contributed by atoms with E-state index in [1.165, 1.54) is 11.1 Å². The van der Waals surface area contributed by atoms with Crippen molar-refractivity contribution in [2.24, 2.45) is 10.8 Å². The Labute approximate surface area is 96.9 Å². The molecule has 0 aliphatic heterocycles. The Morgan fingerprint density at radius 2 is 1.88 bits per heavy atom. The zero-order valence-corrected chi connectivity index (χ0v) is 10.2. The Morgan fingerprint density at radius 1 is 1.25 bits per heavy atom. The zero-order chi connectivity index (χ0) is 12.0. The van der Waals surface area contributed by atoms with Crippen molar-refractivity contribution in [3.8, 4) is 0 Å². The maximum Gasteiger partial charge on any atom is 0.210 e. The van der Waals surface area contributed by atoms with Crippen LogP contribution in [0.1, 0.15) is 24.5 Å². The lowest BCUT2D eigenvalue weighted by molar-refractivity contribution is 0.905. The third-order valence-corrected chi connectivity index (χ3v) is 2.11. The van der Waals surface area contributed by atoms with Crippen molar-refractivity contribution in [1.82, 2.24) is 5.43 Å². The molecule has 0 amide bonds. The number of nitrogens with one attached hydrogen (secondary N) is 2. The van der Waals surface area contributed by atoms with Gasteiger partial charge in [0.25, 0.3) is 0 Å². The van der Waals surface area contributed by atoms with Crippen molar-refractivity contribution in [3.05, 3.63) is 29.3 Å². The van der Waals surface area contributed by atoms with E-state index >= 15 is 0 Å². The number of nitrogens with zero attached hydrogens (tertiary/aromatic N) is 1. The molecule has 0 unspecified atom stereocenters. The van der Waals surface area contributed by atoms with E-state index in [9.17, 15) is 0 Å². The Kier molecular flexibility index (Phi) is 4.79. The summed E-state index contributed by atoms with van der Waals surface area (Å²) < 4.78 is 0. The van der Waals surface area contributed by atoms with Crippen LogP contribution in [-0.2, 0) is 0 Å². The fourth-order valence-corrected chi connectivity index (χ4v) is 1.53. The van der Waals surface area contributed by atoms with E-state index in [1.807, 2.05) is 0 Å². The zero-order valence-electron chi connectivity index (χ0n) is 10.2. The van der Waals surface area contributed by atoms with Gasteiger partial charge < -0.3 is 5.32 Å². The summed E-state index contributed by atoms with van der Waals surface area (Å²) in [6.45, 7) is 6.97. The lowest BCUT2D eigenvalue weighted by atomic mass is 10.1. The van der Waals surface area contributed by atoms with Gasteiger partial charge in [0.2, 0.25) is 5.96 Å². The maximum absolute atomic E-state index is 5.39. The number of hydrogen-bond acceptors (Lipinski definition) is 2. The summed E-state index contributed by atoms with van der Waals surface area (Å²) in [5.74, 6) is 6.00. The van der Waals surface area contributed by atoms with Crippen molar-refractivity contribution < 1.29 is 0 Å². The topological polar surface area (TPSA) is 62.4 Å². The summed E-state index contributed by atoms with van der Waals surface area (Å²) in [5.41, 5.74) is 6.00. The Balaban J connectivity index is 2.77. The molecule has 1 rings (SSSR count). The van der Waals surface area contributed by atoms with Gasteiger partial charge in [0, 0.05) is 12.2 Å². The predicted octanol–water partition coefficient (Wildman–Crippen LogP) is 1.94. The Hall–Kier alpha value is -1.55. The average Bonchev–Trinajstić information content (AvgIpc) is 2.22. The maximum atomic E-state index is 5.39. The van der Waals surface area contributed by atoms with Crippen LogP contribution in [0, 0.1) is 13.8 Å². The second-order valence-electron chi connectivity index (χ2n) is 3.88. The summed E-state index contributed by atoms with van der Waals surface area (Å²) in [7, 11) is 0. The molecule has 0 aliphatic carbocycles. The van der Waals surface area contributed by atoms with Gasteiger partial charge >= 0.3 is 0 Å². The van der Waals surface area contributed by atoms with Crippen LogP contribution >= 0.6 is 0 Å². The Bertz CT molecular complexity index is 351. The van der Waals surface area contributed by atoms with Crippen LogP contribution in [0.15, 0.2) is 23.2 Å². The Morgan fingerprint density at radius 3 is 2.38 bits per heavy atom. The van der Waals surface area contributed by atoms with E-state index < -0.39 is 0 Å². The van der Waals surface area contributed by atoms with Gasteiger partial charge in [0.15, 0.2) is 0 Å². The smallest absolute Gasteiger partial charge is 0.210 e. The fourth-order valence-electron chi connectivity index (χ4n) is 1.53. The molecule has 16 heavy (non-hydrogen) atoms. The number of aliphatic imine (C=N–C) groups is 1. The minimum Gasteiger partial charge on any atom is -0.325 e. The van der Waals surface area contributed by atoms with E-state index in [2.05, 4.69) is 54.7 Å². The molecule has 4 N–H and O–H groups in total. The predicted molar refractivity (Wildman–Crippen MR) is 69.5 cm³/mol. The molecule has 0 saturated carbocycles. The summed E-state index contributed by atoms with van der Waals surface area (Å²) >= 11 is 0. The molecule has 0 atom stereocenters. The highest BCUT2D eigenvalue weighted by atomic mass is 15.3. The van der Waals surface area contributed by atoms with E-state index in [0.29, 0.717) is 5.96 Å². The minimum atomic E-state index is 0.604. The molecule has 0 aromatic heterocycles. The average molecular weight is 220 g/mol. The number of hydrogen-bond donors (Lipinski definition) is 3. The van der Waals surface area contributed by atoms with Crippen molar-refractivity contribution in [2.45, 2.75) is 27.2 Å². The monoisotopic (exact) mass is 220 g/mol. The molecule has 0 radical (unpaired) electrons. The number of anilines is 1. The number of rotatable bonds is 3. The molecule has 0 spiro atoms. The lowest BCUT2D eigenvalue weighted by Crippen LogP contribution is -2.36. The molecule has 4 nitrogen and oxygen atoms in total. The first-order valence-corrected chi connectivity index (χ1v) is 5.52. The number of nitrogens with two attached hydrogens (primary N) is 1. The molecule has 1 aromatic rings. The number of hydrazine groups is 1. The van der Waals surface area contributed by atoms with Crippen molar-refractivity contribution in [2.75, 3.05) is 11.9 Å². The first-order chi connectivity index (χ1) is 7.65. The van der Waals surface area contributed by atoms with Crippen molar-refractivity contribution >= 4 is 11.6 Å². The van der Waals surface area contributed by atoms with Crippen LogP contribution in [0.3, 0.4) is 0 Å². The van der Waals surface area contributed by atoms with Gasteiger partial charge in [-0.3, -0.25) is 10.4 Å². The molecule has 4 heteroatoms. The largest absolute Gasteiger partial charge is 0.325 e. The van der Waals surface area contributed by atoms with Crippen molar-refractivity contribution in [1.29, 1.82) is 0 Å². The van der Waals surface area contributed by atoms with Gasteiger partial charge in [0.05, 0.1) is 0 Å². The summed E-state index contributed by atoms with van der Waals surface area (Å²) in [6, 6.07) is 6.25. The van der Waals surface area contributed by atoms with Crippen molar-refractivity contribution in [3.63, 3.8) is 0 Å². The van der Waals surface area contributed by atoms with Gasteiger partial charge in [-0.05, 0) is 43.5 Å². The minimum absolute atomic E-state index is 0.604. The molecule has 0 saturated heterocycles. The van der Waals surface area contributed by atoms with Gasteiger partial charge in [-0.1, -0.05) is 13.0 Å². The fraction of sp³-hybridized carbons (Fsp3) is 0.417. The normalized spacial score (nSPS) is 11.4. The van der Waals surface area contributed by atoms with Crippen LogP contribution in [0.4, 0.5) is 5.69 Å². The van der Waals surface area contributed by atoms with Crippen LogP contribution < -0.4 is 16.6 Å². The highest BCUT2D eigenvalue weighted by molar-refractivity contribution is 5.93. The van der Waals surface area contributed by atoms with E-state index in [1.54, 1.807) is 0 Å². The molecular formula is C12H20N4. The summed E-state index contributed by atoms with van der Waals surface area (Å²) in [5, 5.41) is 3.16. The van der Waals surface area contributed by atoms with Crippen LogP contribution in [-0.4, -0.2) is 12.5 Å². The van der Waals surface area contributed by atoms with Gasteiger partial charge in [-0.15, -0.1) is 0 Å². The summed E-state index contributed by atoms with van der Waals surface area (Å²) in [6.07, 6.45) is 1.000. The number of aryl methyl sites for hydroxylation is 2. The molecule has 0 fully saturated rings. The quantitative estimate of drug-likeness (QED) is 0.316. The third-order valence-electron chi connectivity index (χ3n) is 2.11. The van der Waals surface area contributed by atoms with Gasteiger partial charge in [-0.25, -0.2) is 5.84 Å². The second kappa shape index (κ2) is 6.12. The number of benzene rings is 1. The van der Waals surface area contributed by atoms with Crippen LogP contribution in [0.2, 0.25) is 0 Å². The van der Waals surface area contributed by atoms with Gasteiger partial charge in [-0.2, -0.15) is 0 Å². The van der Waals surface area contributed by atoms with E-state index in [-0.39, 0.29) is 0 Å². The molecule has 0 heterocycles.